The smallest absolute Gasteiger partial charge is 0.354 e. The van der Waals surface area contributed by atoms with E-state index in [1.54, 1.807) is 12.1 Å². The van der Waals surface area contributed by atoms with Gasteiger partial charge in [-0.2, -0.15) is 0 Å². The van der Waals surface area contributed by atoms with Crippen LogP contribution in [0.15, 0.2) is 53.4 Å². The van der Waals surface area contributed by atoms with Crippen LogP contribution in [0.4, 0.5) is 23.0 Å². The van der Waals surface area contributed by atoms with Gasteiger partial charge < -0.3 is 9.73 Å². The Labute approximate surface area is 162 Å². The van der Waals surface area contributed by atoms with Gasteiger partial charge in [0.2, 0.25) is 11.6 Å². The van der Waals surface area contributed by atoms with Gasteiger partial charge in [-0.15, -0.1) is 0 Å². The van der Waals surface area contributed by atoms with Crippen molar-refractivity contribution in [3.8, 4) is 0 Å². The molecule has 148 valence electrons. The Morgan fingerprint density at radius 3 is 2.55 bits per heavy atom. The average molecular weight is 399 g/mol. The maximum Gasteiger partial charge on any atom is 0.354 e. The first-order valence-corrected chi connectivity index (χ1v) is 8.02. The zero-order chi connectivity index (χ0) is 20.8. The molecule has 2 aromatic heterocycles. The fraction of sp³-hybridized carbons (Fsp3) is 0.0625. The number of hydrazine groups is 1. The minimum Gasteiger partial charge on any atom is -0.467 e. The summed E-state index contributed by atoms with van der Waals surface area (Å²) in [6.45, 7) is 0.143. The van der Waals surface area contributed by atoms with Crippen LogP contribution in [0, 0.1) is 20.2 Å². The summed E-state index contributed by atoms with van der Waals surface area (Å²) < 4.78 is 5.14. The number of non-ortho nitro benzene ring substituents is 1. The van der Waals surface area contributed by atoms with Crippen molar-refractivity contribution in [1.29, 1.82) is 0 Å². The van der Waals surface area contributed by atoms with E-state index >= 15 is 0 Å². The molecule has 0 fully saturated rings. The van der Waals surface area contributed by atoms with Gasteiger partial charge in [-0.3, -0.25) is 35.9 Å². The molecule has 0 spiro atoms. The third-order valence-electron chi connectivity index (χ3n) is 3.63. The maximum absolute atomic E-state index is 12.2. The highest BCUT2D eigenvalue weighted by Crippen LogP contribution is 2.28. The number of anilines is 2. The number of hydrogen-bond donors (Lipinski definition) is 3. The van der Waals surface area contributed by atoms with E-state index in [4.69, 9.17) is 4.42 Å². The fourth-order valence-electron chi connectivity index (χ4n) is 2.31. The van der Waals surface area contributed by atoms with Crippen LogP contribution in [0.1, 0.15) is 16.1 Å². The van der Waals surface area contributed by atoms with Crippen LogP contribution in [0.3, 0.4) is 0 Å². The normalized spacial score (nSPS) is 10.2. The van der Waals surface area contributed by atoms with Crippen molar-refractivity contribution in [3.63, 3.8) is 0 Å². The number of nitro benzene ring substituents is 1. The highest BCUT2D eigenvalue weighted by molar-refractivity contribution is 5.95. The largest absolute Gasteiger partial charge is 0.467 e. The van der Waals surface area contributed by atoms with Crippen molar-refractivity contribution in [1.82, 2.24) is 15.4 Å². The summed E-state index contributed by atoms with van der Waals surface area (Å²) in [4.78, 5) is 40.7. The quantitative estimate of drug-likeness (QED) is 0.376. The summed E-state index contributed by atoms with van der Waals surface area (Å²) >= 11 is 0. The first-order valence-electron chi connectivity index (χ1n) is 8.02. The number of carbonyl (C=O) groups is 1. The molecule has 0 radical (unpaired) electrons. The molecule has 29 heavy (non-hydrogen) atoms. The lowest BCUT2D eigenvalue weighted by molar-refractivity contribution is -0.384. The maximum atomic E-state index is 12.2. The van der Waals surface area contributed by atoms with E-state index in [-0.39, 0.29) is 29.4 Å². The minimum atomic E-state index is -0.744. The summed E-state index contributed by atoms with van der Waals surface area (Å²) in [6.07, 6.45) is 2.53. The second-order valence-corrected chi connectivity index (χ2v) is 5.50. The lowest BCUT2D eigenvalue weighted by atomic mass is 10.2. The van der Waals surface area contributed by atoms with E-state index in [9.17, 15) is 25.0 Å². The topological polar surface area (TPSA) is 178 Å². The Kier molecular flexibility index (Phi) is 5.58. The molecule has 0 bridgehead atoms. The molecule has 13 heteroatoms. The number of nitrogens with zero attached hydrogens (tertiary/aromatic N) is 4. The van der Waals surface area contributed by atoms with Crippen LogP contribution >= 0.6 is 0 Å². The Balaban J connectivity index is 1.75. The predicted octanol–water partition coefficient (Wildman–Crippen LogP) is 2.25. The second-order valence-electron chi connectivity index (χ2n) is 5.50. The molecule has 0 aliphatic carbocycles. The predicted molar refractivity (Wildman–Crippen MR) is 98.9 cm³/mol. The standard InChI is InChI=1S/C16H13N7O6/c24-16(10-3-1-4-11(7-10)22(25)26)21-20-15-13(23(27)28)14(18-9-19-15)17-8-12-5-2-6-29-12/h1-7,9H,8H2,(H,21,24)(H2,17,18,19,20). The van der Waals surface area contributed by atoms with Gasteiger partial charge in [-0.1, -0.05) is 6.07 Å². The Bertz CT molecular complexity index is 1050. The van der Waals surface area contributed by atoms with Gasteiger partial charge in [0.25, 0.3) is 11.6 Å². The van der Waals surface area contributed by atoms with E-state index in [1.165, 1.54) is 24.5 Å². The van der Waals surface area contributed by atoms with Gasteiger partial charge >= 0.3 is 5.69 Å². The minimum absolute atomic E-state index is 0.0143. The molecular weight excluding hydrogens is 386 g/mol. The lowest BCUT2D eigenvalue weighted by Gasteiger charge is -2.10. The fourth-order valence-corrected chi connectivity index (χ4v) is 2.31. The van der Waals surface area contributed by atoms with E-state index in [0.717, 1.165) is 12.4 Å². The van der Waals surface area contributed by atoms with Gasteiger partial charge in [0, 0.05) is 17.7 Å². The first-order chi connectivity index (χ1) is 14.0. The summed E-state index contributed by atoms with van der Waals surface area (Å²) in [5.41, 5.74) is 3.79. The van der Waals surface area contributed by atoms with Crippen LogP contribution < -0.4 is 16.2 Å². The number of carbonyl (C=O) groups excluding carboxylic acids is 1. The molecule has 1 aromatic carbocycles. The van der Waals surface area contributed by atoms with Crippen LogP contribution in [-0.2, 0) is 6.54 Å². The van der Waals surface area contributed by atoms with Crippen molar-refractivity contribution in [2.24, 2.45) is 0 Å². The molecule has 0 unspecified atom stereocenters. The third kappa shape index (κ3) is 4.60. The van der Waals surface area contributed by atoms with Crippen LogP contribution in [0.5, 0.6) is 0 Å². The number of benzene rings is 1. The number of hydrogen-bond acceptors (Lipinski definition) is 10. The van der Waals surface area contributed by atoms with Gasteiger partial charge in [0.05, 0.1) is 22.7 Å². The van der Waals surface area contributed by atoms with Crippen LogP contribution in [0.2, 0.25) is 0 Å². The molecule has 1 amide bonds. The molecule has 3 rings (SSSR count). The van der Waals surface area contributed by atoms with Gasteiger partial charge in [0.15, 0.2) is 0 Å². The molecular formula is C16H13N7O6. The van der Waals surface area contributed by atoms with Crippen LogP contribution in [-0.4, -0.2) is 25.7 Å². The number of amides is 1. The summed E-state index contributed by atoms with van der Waals surface area (Å²) in [5.74, 6) is -0.572. The molecule has 0 saturated carbocycles. The Hall–Kier alpha value is -4.55. The van der Waals surface area contributed by atoms with Gasteiger partial charge in [-0.25, -0.2) is 9.97 Å². The van der Waals surface area contributed by atoms with Crippen molar-refractivity contribution in [2.75, 3.05) is 10.7 Å². The molecule has 2 heterocycles. The average Bonchev–Trinajstić information content (AvgIpc) is 3.24. The van der Waals surface area contributed by atoms with Gasteiger partial charge in [0.1, 0.15) is 12.1 Å². The van der Waals surface area contributed by atoms with Gasteiger partial charge in [-0.05, 0) is 18.2 Å². The molecule has 3 N–H and O–H groups in total. The molecule has 3 aromatic rings. The zero-order valence-corrected chi connectivity index (χ0v) is 14.6. The van der Waals surface area contributed by atoms with E-state index in [2.05, 4.69) is 26.1 Å². The number of furan rings is 1. The summed E-state index contributed by atoms with van der Waals surface area (Å²) in [5, 5.41) is 25.0. The molecule has 13 nitrogen and oxygen atoms in total. The number of aromatic nitrogens is 2. The monoisotopic (exact) mass is 399 g/mol. The lowest BCUT2D eigenvalue weighted by Crippen LogP contribution is -2.30. The van der Waals surface area contributed by atoms with Crippen molar-refractivity contribution < 1.29 is 19.1 Å². The zero-order valence-electron chi connectivity index (χ0n) is 14.6. The molecule has 0 atom stereocenters. The number of nitro groups is 2. The molecule has 0 aliphatic heterocycles. The van der Waals surface area contributed by atoms with Crippen molar-refractivity contribution in [2.45, 2.75) is 6.54 Å². The van der Waals surface area contributed by atoms with Crippen molar-refractivity contribution >= 4 is 28.9 Å². The summed E-state index contributed by atoms with van der Waals surface area (Å²) in [7, 11) is 0. The highest BCUT2D eigenvalue weighted by atomic mass is 16.6. The van der Waals surface area contributed by atoms with E-state index in [0.29, 0.717) is 5.76 Å². The SMILES string of the molecule is O=C(NNc1ncnc(NCc2ccco2)c1[N+](=O)[O-])c1cccc([N+](=O)[O-])c1. The molecule has 0 saturated heterocycles. The van der Waals surface area contributed by atoms with Crippen LogP contribution in [0.25, 0.3) is 0 Å². The van der Waals surface area contributed by atoms with Crippen molar-refractivity contribution in [3.05, 3.63) is 80.5 Å². The molecule has 0 aliphatic rings. The Morgan fingerprint density at radius 1 is 1.07 bits per heavy atom. The highest BCUT2D eigenvalue weighted by Gasteiger charge is 2.23. The van der Waals surface area contributed by atoms with E-state index < -0.39 is 21.4 Å². The Morgan fingerprint density at radius 2 is 1.86 bits per heavy atom. The first kappa shape index (κ1) is 19.2. The van der Waals surface area contributed by atoms with E-state index in [1.807, 2.05) is 0 Å². The second kappa shape index (κ2) is 8.43. The number of rotatable bonds is 8. The number of nitrogens with one attached hydrogen (secondary N) is 3. The third-order valence-corrected chi connectivity index (χ3v) is 3.63. The summed E-state index contributed by atoms with van der Waals surface area (Å²) in [6, 6.07) is 8.35.